The third-order valence-electron chi connectivity index (χ3n) is 9.79. The lowest BCUT2D eigenvalue weighted by molar-refractivity contribution is 1.07. The van der Waals surface area contributed by atoms with E-state index in [4.69, 9.17) is 15.0 Å². The van der Waals surface area contributed by atoms with E-state index in [0.29, 0.717) is 23.0 Å². The fraction of sp³-hybridized carbons (Fsp3) is 0. The van der Waals surface area contributed by atoms with Gasteiger partial charge in [0.1, 0.15) is 0 Å². The van der Waals surface area contributed by atoms with E-state index in [-0.39, 0.29) is 0 Å². The number of hydrogen-bond acceptors (Lipinski definition) is 4. The summed E-state index contributed by atoms with van der Waals surface area (Å²) in [5.41, 5.74) is 11.9. The third-order valence-corrected chi connectivity index (χ3v) is 9.79. The van der Waals surface area contributed by atoms with Crippen LogP contribution in [0.3, 0.4) is 0 Å². The van der Waals surface area contributed by atoms with Crippen LogP contribution in [0.2, 0.25) is 0 Å². The van der Waals surface area contributed by atoms with Crippen molar-refractivity contribution in [3.05, 3.63) is 200 Å². The first-order chi connectivity index (χ1) is 26.7. The van der Waals surface area contributed by atoms with Crippen molar-refractivity contribution in [2.75, 3.05) is 0 Å². The Balaban J connectivity index is 1.21. The second-order valence-corrected chi connectivity index (χ2v) is 13.2. The van der Waals surface area contributed by atoms with Crippen LogP contribution in [0, 0.1) is 11.3 Å². The number of fused-ring (bicyclic) bond motifs is 1. The molecule has 0 saturated heterocycles. The van der Waals surface area contributed by atoms with E-state index in [1.165, 1.54) is 0 Å². The van der Waals surface area contributed by atoms with Crippen LogP contribution in [0.25, 0.3) is 89.4 Å². The Bertz CT molecular complexity index is 2810. The first-order valence-corrected chi connectivity index (χ1v) is 17.9. The molecule has 0 fully saturated rings. The highest BCUT2D eigenvalue weighted by Gasteiger charge is 2.18. The molecule has 0 bridgehead atoms. The molecule has 0 amide bonds. The number of rotatable bonds is 7. The molecule has 9 rings (SSSR count). The van der Waals surface area contributed by atoms with E-state index >= 15 is 0 Å². The van der Waals surface area contributed by atoms with Crippen LogP contribution < -0.4 is 0 Å². The lowest BCUT2D eigenvalue weighted by Gasteiger charge is -2.14. The van der Waals surface area contributed by atoms with Crippen molar-refractivity contribution in [2.45, 2.75) is 0 Å². The van der Waals surface area contributed by atoms with Crippen LogP contribution in [0.5, 0.6) is 0 Å². The standard InChI is InChI=1S/C50H32N4/c51-33-44-18-10-11-19-45(44)42-26-24-40-31-43(27-25-39(40)30-42)49-52-48(38-22-20-36(21-23-38)34-12-4-1-5-13-34)53-50(54-49)47-32-41(35-14-6-2-7-15-35)28-29-46(47)37-16-8-3-9-17-37/h1-32H. The Morgan fingerprint density at radius 2 is 0.759 bits per heavy atom. The van der Waals surface area contributed by atoms with Crippen LogP contribution >= 0.6 is 0 Å². The predicted octanol–water partition coefficient (Wildman–Crippen LogP) is 12.6. The Labute approximate surface area is 314 Å². The third kappa shape index (κ3) is 6.43. The quantitative estimate of drug-likeness (QED) is 0.167. The normalized spacial score (nSPS) is 10.9. The zero-order valence-electron chi connectivity index (χ0n) is 29.3. The maximum Gasteiger partial charge on any atom is 0.164 e. The van der Waals surface area contributed by atoms with Crippen molar-refractivity contribution in [2.24, 2.45) is 0 Å². The molecule has 0 radical (unpaired) electrons. The van der Waals surface area contributed by atoms with Gasteiger partial charge in [-0.3, -0.25) is 0 Å². The van der Waals surface area contributed by atoms with Gasteiger partial charge in [0.2, 0.25) is 0 Å². The summed E-state index contributed by atoms with van der Waals surface area (Å²) in [6, 6.07) is 68.8. The second-order valence-electron chi connectivity index (χ2n) is 13.2. The summed E-state index contributed by atoms with van der Waals surface area (Å²) in [5.74, 6) is 1.79. The van der Waals surface area contributed by atoms with Crippen molar-refractivity contribution >= 4 is 10.8 Å². The second kappa shape index (κ2) is 14.3. The van der Waals surface area contributed by atoms with Gasteiger partial charge >= 0.3 is 0 Å². The van der Waals surface area contributed by atoms with Gasteiger partial charge in [-0.1, -0.05) is 170 Å². The molecule has 4 heteroatoms. The predicted molar refractivity (Wildman–Crippen MR) is 220 cm³/mol. The highest BCUT2D eigenvalue weighted by Crippen LogP contribution is 2.37. The van der Waals surface area contributed by atoms with Gasteiger partial charge < -0.3 is 0 Å². The zero-order valence-corrected chi connectivity index (χ0v) is 29.3. The van der Waals surface area contributed by atoms with Gasteiger partial charge in [0, 0.05) is 16.7 Å². The zero-order chi connectivity index (χ0) is 36.3. The molecule has 8 aromatic carbocycles. The lowest BCUT2D eigenvalue weighted by atomic mass is 9.94. The average molecular weight is 689 g/mol. The van der Waals surface area contributed by atoms with Gasteiger partial charge in [-0.15, -0.1) is 0 Å². The van der Waals surface area contributed by atoms with Gasteiger partial charge in [-0.2, -0.15) is 5.26 Å². The first-order valence-electron chi connectivity index (χ1n) is 17.9. The molecule has 1 aromatic heterocycles. The maximum atomic E-state index is 9.72. The molecule has 54 heavy (non-hydrogen) atoms. The van der Waals surface area contributed by atoms with Gasteiger partial charge in [0.15, 0.2) is 17.5 Å². The van der Waals surface area contributed by atoms with Crippen LogP contribution in [0.1, 0.15) is 5.56 Å². The number of hydrogen-bond donors (Lipinski definition) is 0. The molecule has 252 valence electrons. The van der Waals surface area contributed by atoms with Crippen molar-refractivity contribution in [3.8, 4) is 84.7 Å². The van der Waals surface area contributed by atoms with Crippen LogP contribution in [-0.2, 0) is 0 Å². The summed E-state index contributed by atoms with van der Waals surface area (Å²) in [7, 11) is 0. The SMILES string of the molecule is N#Cc1ccccc1-c1ccc2cc(-c3nc(-c4ccc(-c5ccccc5)cc4)nc(-c4cc(-c5ccccc5)ccc4-c4ccccc4)n3)ccc2c1. The molecule has 4 nitrogen and oxygen atoms in total. The van der Waals surface area contributed by atoms with E-state index in [0.717, 1.165) is 72.0 Å². The van der Waals surface area contributed by atoms with E-state index in [1.807, 2.05) is 42.5 Å². The Morgan fingerprint density at radius 1 is 0.296 bits per heavy atom. The molecule has 0 aliphatic carbocycles. The molecule has 0 atom stereocenters. The van der Waals surface area contributed by atoms with Gasteiger partial charge in [0.25, 0.3) is 0 Å². The fourth-order valence-corrected chi connectivity index (χ4v) is 6.99. The molecule has 0 spiro atoms. The number of nitriles is 1. The Morgan fingerprint density at radius 3 is 1.43 bits per heavy atom. The smallest absolute Gasteiger partial charge is 0.164 e. The number of aromatic nitrogens is 3. The number of nitrogens with zero attached hydrogens (tertiary/aromatic N) is 4. The molecule has 0 N–H and O–H groups in total. The molecule has 0 aliphatic heterocycles. The topological polar surface area (TPSA) is 62.5 Å². The summed E-state index contributed by atoms with van der Waals surface area (Å²) >= 11 is 0. The molecular weight excluding hydrogens is 657 g/mol. The van der Waals surface area contributed by atoms with Crippen molar-refractivity contribution in [1.29, 1.82) is 5.26 Å². The fourth-order valence-electron chi connectivity index (χ4n) is 6.99. The van der Waals surface area contributed by atoms with Crippen molar-refractivity contribution < 1.29 is 0 Å². The van der Waals surface area contributed by atoms with Crippen molar-refractivity contribution in [3.63, 3.8) is 0 Å². The Kier molecular flexibility index (Phi) is 8.57. The molecular formula is C50H32N4. The highest BCUT2D eigenvalue weighted by molar-refractivity contribution is 5.91. The summed E-state index contributed by atoms with van der Waals surface area (Å²) in [5, 5.41) is 11.8. The van der Waals surface area contributed by atoms with Crippen LogP contribution in [0.15, 0.2) is 194 Å². The van der Waals surface area contributed by atoms with Crippen LogP contribution in [0.4, 0.5) is 0 Å². The van der Waals surface area contributed by atoms with E-state index in [2.05, 4.69) is 158 Å². The van der Waals surface area contributed by atoms with Crippen molar-refractivity contribution in [1.82, 2.24) is 15.0 Å². The highest BCUT2D eigenvalue weighted by atomic mass is 15.0. The molecule has 0 aliphatic rings. The van der Waals surface area contributed by atoms with Gasteiger partial charge in [-0.05, 0) is 79.5 Å². The largest absolute Gasteiger partial charge is 0.208 e. The van der Waals surface area contributed by atoms with Gasteiger partial charge in [-0.25, -0.2) is 15.0 Å². The average Bonchev–Trinajstić information content (AvgIpc) is 3.26. The monoisotopic (exact) mass is 688 g/mol. The molecule has 0 saturated carbocycles. The molecule has 9 aromatic rings. The minimum absolute atomic E-state index is 0.590. The summed E-state index contributed by atoms with van der Waals surface area (Å²) in [4.78, 5) is 15.5. The lowest BCUT2D eigenvalue weighted by Crippen LogP contribution is -2.01. The summed E-state index contributed by atoms with van der Waals surface area (Å²) < 4.78 is 0. The first kappa shape index (κ1) is 32.4. The minimum Gasteiger partial charge on any atom is -0.208 e. The van der Waals surface area contributed by atoms with E-state index < -0.39 is 0 Å². The van der Waals surface area contributed by atoms with Crippen LogP contribution in [-0.4, -0.2) is 15.0 Å². The van der Waals surface area contributed by atoms with E-state index in [1.54, 1.807) is 0 Å². The maximum absolute atomic E-state index is 9.72. The molecule has 0 unspecified atom stereocenters. The summed E-state index contributed by atoms with van der Waals surface area (Å²) in [6.45, 7) is 0. The Hall–Kier alpha value is -7.48. The van der Waals surface area contributed by atoms with E-state index in [9.17, 15) is 5.26 Å². The molecule has 1 heterocycles. The summed E-state index contributed by atoms with van der Waals surface area (Å²) in [6.07, 6.45) is 0. The number of benzene rings is 8. The minimum atomic E-state index is 0.590. The van der Waals surface area contributed by atoms with Gasteiger partial charge in [0.05, 0.1) is 11.6 Å².